The molecule has 37 heavy (non-hydrogen) atoms. The fourth-order valence-electron chi connectivity index (χ4n) is 3.89. The average Bonchev–Trinajstić information content (AvgIpc) is 2.96. The summed E-state index contributed by atoms with van der Waals surface area (Å²) in [6.45, 7) is 1.80. The highest BCUT2D eigenvalue weighted by Crippen LogP contribution is 2.29. The highest BCUT2D eigenvalue weighted by Gasteiger charge is 2.16. The fourth-order valence-corrected chi connectivity index (χ4v) is 3.89. The topological polar surface area (TPSA) is 60.9 Å². The van der Waals surface area contributed by atoms with Crippen molar-refractivity contribution in [3.8, 4) is 11.5 Å². The van der Waals surface area contributed by atoms with Gasteiger partial charge in [0.15, 0.2) is 11.5 Å². The number of hydrogen-bond acceptors (Lipinski definition) is 5. The molecule has 190 valence electrons. The van der Waals surface area contributed by atoms with Crippen LogP contribution in [0.2, 0.25) is 0 Å². The molecule has 6 nitrogen and oxygen atoms in total. The predicted molar refractivity (Wildman–Crippen MR) is 143 cm³/mol. The van der Waals surface area contributed by atoms with Crippen molar-refractivity contribution >= 4 is 5.91 Å². The number of amides is 1. The number of rotatable bonds is 13. The molecule has 1 amide bonds. The van der Waals surface area contributed by atoms with E-state index in [4.69, 9.17) is 14.2 Å². The first-order valence-corrected chi connectivity index (χ1v) is 12.3. The van der Waals surface area contributed by atoms with Crippen LogP contribution in [0.25, 0.3) is 0 Å². The largest absolute Gasteiger partial charge is 0.493 e. The Balaban J connectivity index is 1.41. The van der Waals surface area contributed by atoms with Crippen LogP contribution in [-0.4, -0.2) is 36.1 Å². The van der Waals surface area contributed by atoms with E-state index in [1.54, 1.807) is 18.2 Å². The maximum atomic E-state index is 13.2. The number of benzene rings is 3. The molecular weight excluding hydrogens is 464 g/mol. The van der Waals surface area contributed by atoms with E-state index in [0.717, 1.165) is 22.4 Å². The summed E-state index contributed by atoms with van der Waals surface area (Å²) in [5.41, 5.74) is 4.00. The van der Waals surface area contributed by atoms with Crippen molar-refractivity contribution in [2.45, 2.75) is 26.2 Å². The zero-order valence-electron chi connectivity index (χ0n) is 21.1. The van der Waals surface area contributed by atoms with Gasteiger partial charge >= 0.3 is 0 Å². The Morgan fingerprint density at radius 3 is 2.16 bits per heavy atom. The van der Waals surface area contributed by atoms with Crippen molar-refractivity contribution in [1.29, 1.82) is 0 Å². The average molecular weight is 497 g/mol. The lowest BCUT2D eigenvalue weighted by Gasteiger charge is -2.23. The fraction of sp³-hybridized carbons (Fsp3) is 0.226. The Labute approximate surface area is 218 Å². The summed E-state index contributed by atoms with van der Waals surface area (Å²) in [5.74, 6) is 1.22. The van der Waals surface area contributed by atoms with Gasteiger partial charge in [-0.25, -0.2) is 0 Å². The van der Waals surface area contributed by atoms with E-state index in [-0.39, 0.29) is 12.5 Å². The van der Waals surface area contributed by atoms with Gasteiger partial charge in [-0.15, -0.1) is 0 Å². The second-order valence-electron chi connectivity index (χ2n) is 8.62. The van der Waals surface area contributed by atoms with Gasteiger partial charge in [0.2, 0.25) is 5.91 Å². The van der Waals surface area contributed by atoms with Crippen molar-refractivity contribution in [3.05, 3.63) is 126 Å². The molecular formula is C31H32N2O4. The lowest BCUT2D eigenvalue weighted by atomic mass is 10.1. The first-order chi connectivity index (χ1) is 18.2. The number of hydrogen-bond donors (Lipinski definition) is 0. The van der Waals surface area contributed by atoms with E-state index in [2.05, 4.69) is 4.98 Å². The minimum Gasteiger partial charge on any atom is -0.493 e. The van der Waals surface area contributed by atoms with Gasteiger partial charge in [0.05, 0.1) is 13.7 Å². The monoisotopic (exact) mass is 496 g/mol. The molecule has 0 spiro atoms. The van der Waals surface area contributed by atoms with Gasteiger partial charge in [0, 0.05) is 31.4 Å². The molecule has 0 aliphatic heterocycles. The third-order valence-corrected chi connectivity index (χ3v) is 5.89. The normalized spacial score (nSPS) is 10.6. The lowest BCUT2D eigenvalue weighted by molar-refractivity contribution is -0.137. The number of aromatic nitrogens is 1. The van der Waals surface area contributed by atoms with Crippen LogP contribution in [0.3, 0.4) is 0 Å². The van der Waals surface area contributed by atoms with Gasteiger partial charge in [0.25, 0.3) is 0 Å². The highest BCUT2D eigenvalue weighted by molar-refractivity contribution is 5.77. The molecule has 0 N–H and O–H groups in total. The minimum absolute atomic E-state index is 0.00647. The Bertz CT molecular complexity index is 1230. The van der Waals surface area contributed by atoms with Gasteiger partial charge in [-0.2, -0.15) is 0 Å². The van der Waals surface area contributed by atoms with Gasteiger partial charge in [0.1, 0.15) is 13.2 Å². The van der Waals surface area contributed by atoms with Crippen LogP contribution in [0.5, 0.6) is 11.5 Å². The number of pyridine rings is 1. The van der Waals surface area contributed by atoms with E-state index in [9.17, 15) is 4.79 Å². The number of ether oxygens (including phenoxy) is 3. The van der Waals surface area contributed by atoms with E-state index >= 15 is 0 Å². The summed E-state index contributed by atoms with van der Waals surface area (Å²) in [7, 11) is 1.62. The van der Waals surface area contributed by atoms with Crippen LogP contribution in [0.4, 0.5) is 0 Å². The van der Waals surface area contributed by atoms with E-state index < -0.39 is 0 Å². The molecule has 0 saturated heterocycles. The Kier molecular flexibility index (Phi) is 9.67. The molecule has 1 heterocycles. The molecule has 0 saturated carbocycles. The summed E-state index contributed by atoms with van der Waals surface area (Å²) >= 11 is 0. The van der Waals surface area contributed by atoms with E-state index in [1.807, 2.05) is 97.1 Å². The highest BCUT2D eigenvalue weighted by atomic mass is 16.5. The Morgan fingerprint density at radius 1 is 0.784 bits per heavy atom. The van der Waals surface area contributed by atoms with E-state index in [1.165, 1.54) is 0 Å². The van der Waals surface area contributed by atoms with Gasteiger partial charge < -0.3 is 19.1 Å². The van der Waals surface area contributed by atoms with Gasteiger partial charge in [-0.1, -0.05) is 72.8 Å². The van der Waals surface area contributed by atoms with Gasteiger partial charge in [-0.05, 0) is 41.0 Å². The molecule has 0 bridgehead atoms. The molecule has 6 heteroatoms. The summed E-state index contributed by atoms with van der Waals surface area (Å²) in [5, 5.41) is 0. The van der Waals surface area contributed by atoms with Crippen LogP contribution in [0.1, 0.15) is 22.4 Å². The number of carbonyl (C=O) groups is 1. The van der Waals surface area contributed by atoms with Crippen molar-refractivity contribution in [1.82, 2.24) is 9.88 Å². The zero-order valence-corrected chi connectivity index (χ0v) is 21.1. The van der Waals surface area contributed by atoms with Crippen molar-refractivity contribution < 1.29 is 19.0 Å². The number of carbonyl (C=O) groups excluding carboxylic acids is 1. The number of methoxy groups -OCH3 is 1. The maximum absolute atomic E-state index is 13.2. The van der Waals surface area contributed by atoms with Crippen molar-refractivity contribution in [3.63, 3.8) is 0 Å². The van der Waals surface area contributed by atoms with Crippen LogP contribution < -0.4 is 9.47 Å². The molecule has 0 atom stereocenters. The van der Waals surface area contributed by atoms with Crippen LogP contribution in [0, 0.1) is 0 Å². The third kappa shape index (κ3) is 8.19. The molecule has 0 fully saturated rings. The van der Waals surface area contributed by atoms with Crippen molar-refractivity contribution in [2.75, 3.05) is 20.3 Å². The Morgan fingerprint density at radius 2 is 1.49 bits per heavy atom. The first-order valence-electron chi connectivity index (χ1n) is 12.3. The molecule has 4 aromatic rings. The summed E-state index contributed by atoms with van der Waals surface area (Å²) in [6, 6.07) is 31.4. The molecule has 0 radical (unpaired) electrons. The molecule has 0 aliphatic rings. The lowest BCUT2D eigenvalue weighted by Crippen LogP contribution is -2.35. The second kappa shape index (κ2) is 13.8. The van der Waals surface area contributed by atoms with Crippen LogP contribution in [-0.2, 0) is 35.7 Å². The minimum atomic E-state index is -0.0739. The van der Waals surface area contributed by atoms with Crippen molar-refractivity contribution in [2.24, 2.45) is 0 Å². The summed E-state index contributed by atoms with van der Waals surface area (Å²) in [4.78, 5) is 19.4. The SMILES string of the molecule is COc1cc(CN(CCc2ccccn2)C(=O)COCc2ccccc2)ccc1OCc1ccccc1. The predicted octanol–water partition coefficient (Wildman–Crippen LogP) is 5.46. The quantitative estimate of drug-likeness (QED) is 0.246. The number of nitrogens with zero attached hydrogens (tertiary/aromatic N) is 2. The summed E-state index contributed by atoms with van der Waals surface area (Å²) < 4.78 is 17.3. The molecule has 3 aromatic carbocycles. The third-order valence-electron chi connectivity index (χ3n) is 5.89. The van der Waals surface area contributed by atoms with Crippen LogP contribution >= 0.6 is 0 Å². The molecule has 1 aromatic heterocycles. The van der Waals surface area contributed by atoms with Crippen LogP contribution in [0.15, 0.2) is 103 Å². The zero-order chi connectivity index (χ0) is 25.7. The first kappa shape index (κ1) is 25.9. The maximum Gasteiger partial charge on any atom is 0.248 e. The summed E-state index contributed by atoms with van der Waals surface area (Å²) in [6.07, 6.45) is 2.42. The Hall–Kier alpha value is -4.16. The molecule has 0 unspecified atom stereocenters. The molecule has 4 rings (SSSR count). The second-order valence-corrected chi connectivity index (χ2v) is 8.62. The standard InChI is InChI=1S/C31H32N2O4/c1-35-30-20-27(15-16-29(30)37-23-26-12-6-3-7-13-26)21-33(19-17-28-14-8-9-18-32-28)31(34)24-36-22-25-10-4-2-5-11-25/h2-16,18,20H,17,19,21-24H2,1H3. The van der Waals surface area contributed by atoms with Gasteiger partial charge in [-0.3, -0.25) is 9.78 Å². The smallest absolute Gasteiger partial charge is 0.248 e. The van der Waals surface area contributed by atoms with E-state index in [0.29, 0.717) is 44.2 Å². The molecule has 0 aliphatic carbocycles.